The predicted octanol–water partition coefficient (Wildman–Crippen LogP) is 2.77. The summed E-state index contributed by atoms with van der Waals surface area (Å²) in [5.41, 5.74) is 1.87. The second-order valence-electron chi connectivity index (χ2n) is 7.58. The van der Waals surface area contributed by atoms with E-state index in [-0.39, 0.29) is 18.1 Å². The molecule has 8 nitrogen and oxygen atoms in total. The predicted molar refractivity (Wildman–Crippen MR) is 114 cm³/mol. The molecule has 0 spiro atoms. The number of amides is 2. The zero-order valence-corrected chi connectivity index (χ0v) is 17.7. The Balaban J connectivity index is 1.53. The second kappa shape index (κ2) is 8.73. The van der Waals surface area contributed by atoms with Gasteiger partial charge in [0.1, 0.15) is 11.3 Å². The van der Waals surface area contributed by atoms with Crippen LogP contribution in [0.1, 0.15) is 19.8 Å². The van der Waals surface area contributed by atoms with E-state index in [0.717, 1.165) is 41.8 Å². The number of carbonyl (C=O) groups is 1. The number of rotatable bonds is 4. The molecule has 4 rings (SSSR count). The summed E-state index contributed by atoms with van der Waals surface area (Å²) in [5, 5.41) is 13.3. The molecule has 1 aromatic heterocycles. The number of urea groups is 1. The molecule has 2 aliphatic heterocycles. The molecule has 9 heteroatoms. The Morgan fingerprint density at radius 1 is 1.31 bits per heavy atom. The topological polar surface area (TPSA) is 87.2 Å². The van der Waals surface area contributed by atoms with E-state index in [4.69, 9.17) is 9.47 Å². The van der Waals surface area contributed by atoms with Crippen LogP contribution in [-0.4, -0.2) is 73.6 Å². The molecule has 0 radical (unpaired) electrons. The number of anilines is 2. The van der Waals surface area contributed by atoms with E-state index in [1.807, 2.05) is 13.0 Å². The van der Waals surface area contributed by atoms with Crippen LogP contribution in [0.2, 0.25) is 0 Å². The summed E-state index contributed by atoms with van der Waals surface area (Å²) in [6, 6.07) is 3.84. The van der Waals surface area contributed by atoms with Gasteiger partial charge in [-0.2, -0.15) is 0 Å². The van der Waals surface area contributed by atoms with Crippen molar-refractivity contribution >= 4 is 38.4 Å². The largest absolute Gasteiger partial charge is 0.494 e. The quantitative estimate of drug-likeness (QED) is 0.791. The summed E-state index contributed by atoms with van der Waals surface area (Å²) in [7, 11) is 1.63. The van der Waals surface area contributed by atoms with E-state index in [0.29, 0.717) is 37.2 Å². The molecule has 0 aliphatic carbocycles. The van der Waals surface area contributed by atoms with Crippen molar-refractivity contribution in [3.8, 4) is 5.75 Å². The van der Waals surface area contributed by atoms with Crippen LogP contribution in [0.4, 0.5) is 15.6 Å². The second-order valence-corrected chi connectivity index (χ2v) is 8.58. The third kappa shape index (κ3) is 4.26. The number of ether oxygens (including phenoxy) is 2. The van der Waals surface area contributed by atoms with Gasteiger partial charge in [-0.3, -0.25) is 5.32 Å². The highest BCUT2D eigenvalue weighted by Gasteiger charge is 2.26. The third-order valence-electron chi connectivity index (χ3n) is 5.78. The molecule has 2 aromatic rings. The van der Waals surface area contributed by atoms with Gasteiger partial charge in [0.25, 0.3) is 0 Å². The number of aliphatic hydroxyl groups excluding tert-OH is 1. The van der Waals surface area contributed by atoms with Crippen LogP contribution in [0.3, 0.4) is 0 Å². The zero-order valence-electron chi connectivity index (χ0n) is 16.9. The Hall–Kier alpha value is -2.10. The Labute approximate surface area is 174 Å². The summed E-state index contributed by atoms with van der Waals surface area (Å²) in [6.07, 6.45) is 1.32. The Morgan fingerprint density at radius 2 is 2.03 bits per heavy atom. The molecule has 1 aromatic carbocycles. The maximum Gasteiger partial charge on any atom is 0.323 e. The zero-order chi connectivity index (χ0) is 20.4. The van der Waals surface area contributed by atoms with Crippen LogP contribution in [0.5, 0.6) is 5.75 Å². The highest BCUT2D eigenvalue weighted by molar-refractivity contribution is 7.23. The molecule has 0 bridgehead atoms. The van der Waals surface area contributed by atoms with Gasteiger partial charge in [0.2, 0.25) is 0 Å². The standard InChI is InChI=1S/C20H28N4O4S/c1-13(25)14-5-7-24(8-6-14)20(26)22-19-21-17-16(27-2)4-3-15(18(17)29-19)23-9-11-28-12-10-23/h3-4,13-14,25H,5-12H2,1-2H3,(H,21,22,26)/t13-/m0/s1. The summed E-state index contributed by atoms with van der Waals surface area (Å²) in [6.45, 7) is 6.19. The lowest BCUT2D eigenvalue weighted by Crippen LogP contribution is -2.42. The molecule has 2 fully saturated rings. The molecule has 2 saturated heterocycles. The number of benzene rings is 1. The number of likely N-dealkylation sites (tertiary alicyclic amines) is 1. The molecular weight excluding hydrogens is 392 g/mol. The third-order valence-corrected chi connectivity index (χ3v) is 6.77. The molecule has 2 aliphatic rings. The van der Waals surface area contributed by atoms with Crippen molar-refractivity contribution in [2.24, 2.45) is 5.92 Å². The van der Waals surface area contributed by atoms with Gasteiger partial charge in [-0.1, -0.05) is 11.3 Å². The number of nitrogens with zero attached hydrogens (tertiary/aromatic N) is 3. The lowest BCUT2D eigenvalue weighted by Gasteiger charge is -2.32. The number of aliphatic hydroxyl groups is 1. The van der Waals surface area contributed by atoms with Crippen molar-refractivity contribution < 1.29 is 19.4 Å². The number of nitrogens with one attached hydrogen (secondary N) is 1. The Morgan fingerprint density at radius 3 is 2.69 bits per heavy atom. The van der Waals surface area contributed by atoms with Gasteiger partial charge in [-0.25, -0.2) is 9.78 Å². The fourth-order valence-corrected chi connectivity index (χ4v) is 5.01. The SMILES string of the molecule is COc1ccc(N2CCOCC2)c2sc(NC(=O)N3CCC([C@H](C)O)CC3)nc12. The van der Waals surface area contributed by atoms with Gasteiger partial charge in [0.15, 0.2) is 5.13 Å². The van der Waals surface area contributed by atoms with E-state index in [2.05, 4.69) is 21.3 Å². The first-order valence-corrected chi connectivity index (χ1v) is 10.9. The van der Waals surface area contributed by atoms with Crippen molar-refractivity contribution in [3.63, 3.8) is 0 Å². The number of carbonyl (C=O) groups excluding carboxylic acids is 1. The Kier molecular flexibility index (Phi) is 6.07. The molecule has 0 saturated carbocycles. The maximum absolute atomic E-state index is 12.7. The highest BCUT2D eigenvalue weighted by atomic mass is 32.1. The minimum absolute atomic E-state index is 0.139. The lowest BCUT2D eigenvalue weighted by molar-refractivity contribution is 0.0820. The van der Waals surface area contributed by atoms with Gasteiger partial charge >= 0.3 is 6.03 Å². The first-order valence-electron chi connectivity index (χ1n) is 10.1. The van der Waals surface area contributed by atoms with Crippen molar-refractivity contribution in [3.05, 3.63) is 12.1 Å². The van der Waals surface area contributed by atoms with Gasteiger partial charge < -0.3 is 24.4 Å². The van der Waals surface area contributed by atoms with E-state index in [1.54, 1.807) is 12.0 Å². The fraction of sp³-hybridized carbons (Fsp3) is 0.600. The number of piperidine rings is 1. The van der Waals surface area contributed by atoms with Crippen molar-refractivity contribution in [1.82, 2.24) is 9.88 Å². The number of hydrogen-bond acceptors (Lipinski definition) is 7. The summed E-state index contributed by atoms with van der Waals surface area (Å²) in [5.74, 6) is 0.966. The van der Waals surface area contributed by atoms with Crippen LogP contribution in [0, 0.1) is 5.92 Å². The number of thiazole rings is 1. The van der Waals surface area contributed by atoms with Crippen LogP contribution in [-0.2, 0) is 4.74 Å². The van der Waals surface area contributed by atoms with Crippen LogP contribution < -0.4 is 15.0 Å². The van der Waals surface area contributed by atoms with Gasteiger partial charge in [0, 0.05) is 26.2 Å². The number of methoxy groups -OCH3 is 1. The molecule has 29 heavy (non-hydrogen) atoms. The van der Waals surface area contributed by atoms with Gasteiger partial charge in [0.05, 0.1) is 36.8 Å². The molecule has 0 unspecified atom stereocenters. The average molecular weight is 421 g/mol. The van der Waals surface area contributed by atoms with Crippen LogP contribution in [0.25, 0.3) is 10.2 Å². The molecule has 1 atom stereocenters. The van der Waals surface area contributed by atoms with Crippen molar-refractivity contribution in [1.29, 1.82) is 0 Å². The monoisotopic (exact) mass is 420 g/mol. The van der Waals surface area contributed by atoms with Gasteiger partial charge in [-0.15, -0.1) is 0 Å². The number of morpholine rings is 1. The van der Waals surface area contributed by atoms with E-state index in [1.165, 1.54) is 11.3 Å². The number of hydrogen-bond donors (Lipinski definition) is 2. The first kappa shape index (κ1) is 20.2. The van der Waals surface area contributed by atoms with Gasteiger partial charge in [-0.05, 0) is 37.8 Å². The van der Waals surface area contributed by atoms with E-state index in [9.17, 15) is 9.90 Å². The Bertz CT molecular complexity index is 858. The molecule has 158 valence electrons. The molecule has 3 heterocycles. The van der Waals surface area contributed by atoms with E-state index < -0.39 is 0 Å². The van der Waals surface area contributed by atoms with Crippen molar-refractivity contribution in [2.75, 3.05) is 56.7 Å². The summed E-state index contributed by atoms with van der Waals surface area (Å²) in [4.78, 5) is 21.5. The van der Waals surface area contributed by atoms with E-state index >= 15 is 0 Å². The highest BCUT2D eigenvalue weighted by Crippen LogP contribution is 2.39. The molecule has 2 N–H and O–H groups in total. The number of aromatic nitrogens is 1. The summed E-state index contributed by atoms with van der Waals surface area (Å²) < 4.78 is 12.0. The minimum atomic E-state index is -0.324. The first-order chi connectivity index (χ1) is 14.1. The molecule has 2 amide bonds. The lowest BCUT2D eigenvalue weighted by atomic mass is 9.92. The normalized spacial score (nSPS) is 19.4. The average Bonchev–Trinajstić information content (AvgIpc) is 3.17. The molecular formula is C20H28N4O4S. The smallest absolute Gasteiger partial charge is 0.323 e. The van der Waals surface area contributed by atoms with Crippen molar-refractivity contribution in [2.45, 2.75) is 25.9 Å². The minimum Gasteiger partial charge on any atom is -0.494 e. The number of fused-ring (bicyclic) bond motifs is 1. The fourth-order valence-electron chi connectivity index (χ4n) is 4.00. The summed E-state index contributed by atoms with van der Waals surface area (Å²) >= 11 is 1.47. The van der Waals surface area contributed by atoms with Crippen LogP contribution >= 0.6 is 11.3 Å². The van der Waals surface area contributed by atoms with Crippen LogP contribution in [0.15, 0.2) is 12.1 Å². The maximum atomic E-state index is 12.7.